The molecule has 0 amide bonds. The number of furan rings is 1. The van der Waals surface area contributed by atoms with E-state index in [-0.39, 0.29) is 0 Å². The molecule has 1 fully saturated rings. The number of nitrogens with zero attached hydrogens (tertiary/aromatic N) is 5. The monoisotopic (exact) mass is 374 g/mol. The fourth-order valence-electron chi connectivity index (χ4n) is 2.65. The standard InChI is InChI=1S/C16H18N6OS2/c17-15(21-4-6-22(7-5-21)16-18-3-9-24-16)19-10-12-11-25-14(20-12)13-2-1-8-23-13/h1-3,8-9,11H,4-7,10H2,(H2,17,19). The van der Waals surface area contributed by atoms with Crippen LogP contribution >= 0.6 is 22.7 Å². The minimum atomic E-state index is 0.482. The molecule has 0 aromatic carbocycles. The van der Waals surface area contributed by atoms with Crippen LogP contribution in [0.4, 0.5) is 5.13 Å². The lowest BCUT2D eigenvalue weighted by atomic mass is 10.3. The second-order valence-electron chi connectivity index (χ2n) is 5.58. The highest BCUT2D eigenvalue weighted by Gasteiger charge is 2.19. The number of hydrogen-bond acceptors (Lipinski definition) is 7. The number of rotatable bonds is 4. The van der Waals surface area contributed by atoms with Gasteiger partial charge in [0.1, 0.15) is 0 Å². The van der Waals surface area contributed by atoms with E-state index in [0.717, 1.165) is 47.8 Å². The number of guanidine groups is 1. The van der Waals surface area contributed by atoms with Crippen LogP contribution in [-0.4, -0.2) is 47.0 Å². The molecule has 9 heteroatoms. The number of nitrogens with two attached hydrogens (primary N) is 1. The van der Waals surface area contributed by atoms with Crippen LogP contribution in [0.2, 0.25) is 0 Å². The maximum absolute atomic E-state index is 6.16. The summed E-state index contributed by atoms with van der Waals surface area (Å²) in [5.41, 5.74) is 7.07. The molecule has 0 bridgehead atoms. The molecule has 2 N–H and O–H groups in total. The second-order valence-corrected chi connectivity index (χ2v) is 7.32. The SMILES string of the molecule is NC(=NCc1csc(-c2ccco2)n1)N1CCN(c2nccs2)CC1. The fourth-order valence-corrected chi connectivity index (χ4v) is 4.13. The van der Waals surface area contributed by atoms with Crippen LogP contribution in [-0.2, 0) is 6.54 Å². The number of hydrogen-bond donors (Lipinski definition) is 1. The lowest BCUT2D eigenvalue weighted by Crippen LogP contribution is -2.51. The molecule has 4 heterocycles. The zero-order valence-electron chi connectivity index (χ0n) is 13.5. The molecular weight excluding hydrogens is 356 g/mol. The minimum Gasteiger partial charge on any atom is -0.462 e. The molecule has 1 aliphatic rings. The van der Waals surface area contributed by atoms with Crippen LogP contribution in [0.5, 0.6) is 0 Å². The van der Waals surface area contributed by atoms with Crippen molar-refractivity contribution in [1.29, 1.82) is 0 Å². The van der Waals surface area contributed by atoms with E-state index in [1.807, 2.05) is 29.1 Å². The Morgan fingerprint density at radius 2 is 2.16 bits per heavy atom. The van der Waals surface area contributed by atoms with Gasteiger partial charge in [-0.3, -0.25) is 0 Å². The molecule has 1 saturated heterocycles. The summed E-state index contributed by atoms with van der Waals surface area (Å²) in [6.07, 6.45) is 3.49. The molecule has 0 radical (unpaired) electrons. The van der Waals surface area contributed by atoms with Gasteiger partial charge in [0, 0.05) is 43.1 Å². The van der Waals surface area contributed by atoms with Crippen LogP contribution in [0.3, 0.4) is 0 Å². The van der Waals surface area contributed by atoms with Crippen molar-refractivity contribution in [3.63, 3.8) is 0 Å². The van der Waals surface area contributed by atoms with Crippen LogP contribution in [0.1, 0.15) is 5.69 Å². The summed E-state index contributed by atoms with van der Waals surface area (Å²) in [6.45, 7) is 4.00. The molecule has 130 valence electrons. The number of thiazole rings is 2. The average molecular weight is 374 g/mol. The summed E-state index contributed by atoms with van der Waals surface area (Å²) in [4.78, 5) is 17.8. The van der Waals surface area contributed by atoms with E-state index in [1.165, 1.54) is 0 Å². The third kappa shape index (κ3) is 3.67. The highest BCUT2D eigenvalue weighted by Crippen LogP contribution is 2.24. The van der Waals surface area contributed by atoms with Gasteiger partial charge < -0.3 is 20.0 Å². The number of aliphatic imine (C=N–C) groups is 1. The summed E-state index contributed by atoms with van der Waals surface area (Å²) in [5, 5.41) is 5.94. The van der Waals surface area contributed by atoms with E-state index in [2.05, 4.69) is 24.8 Å². The third-order valence-corrected chi connectivity index (χ3v) is 5.72. The van der Waals surface area contributed by atoms with Gasteiger partial charge in [0.25, 0.3) is 0 Å². The Hall–Kier alpha value is -2.39. The highest BCUT2D eigenvalue weighted by molar-refractivity contribution is 7.13. The summed E-state index contributed by atoms with van der Waals surface area (Å²) < 4.78 is 5.36. The van der Waals surface area contributed by atoms with Crippen molar-refractivity contribution >= 4 is 33.8 Å². The normalized spacial score (nSPS) is 15.8. The van der Waals surface area contributed by atoms with Crippen LogP contribution in [0, 0.1) is 0 Å². The van der Waals surface area contributed by atoms with Crippen molar-refractivity contribution in [3.8, 4) is 10.8 Å². The van der Waals surface area contributed by atoms with Crippen LogP contribution in [0.15, 0.2) is 44.8 Å². The second kappa shape index (κ2) is 7.24. The summed E-state index contributed by atoms with van der Waals surface area (Å²) in [7, 11) is 0. The van der Waals surface area contributed by atoms with Crippen molar-refractivity contribution in [2.24, 2.45) is 10.7 Å². The topological polar surface area (TPSA) is 83.8 Å². The highest BCUT2D eigenvalue weighted by atomic mass is 32.1. The molecule has 0 aliphatic carbocycles. The van der Waals surface area contributed by atoms with Gasteiger partial charge in [-0.2, -0.15) is 0 Å². The third-order valence-electron chi connectivity index (χ3n) is 3.98. The zero-order valence-corrected chi connectivity index (χ0v) is 15.2. The first-order chi connectivity index (χ1) is 12.3. The summed E-state index contributed by atoms with van der Waals surface area (Å²) in [6, 6.07) is 3.76. The van der Waals surface area contributed by atoms with Crippen molar-refractivity contribution in [2.45, 2.75) is 6.54 Å². The fraction of sp³-hybridized carbons (Fsp3) is 0.312. The first kappa shape index (κ1) is 16.1. The minimum absolute atomic E-state index is 0.482. The zero-order chi connectivity index (χ0) is 17.1. The Morgan fingerprint density at radius 3 is 2.88 bits per heavy atom. The molecule has 0 spiro atoms. The van der Waals surface area contributed by atoms with E-state index in [1.54, 1.807) is 28.9 Å². The van der Waals surface area contributed by atoms with Crippen LogP contribution < -0.4 is 10.6 Å². The van der Waals surface area contributed by atoms with E-state index in [9.17, 15) is 0 Å². The molecule has 0 unspecified atom stereocenters. The maximum Gasteiger partial charge on any atom is 0.191 e. The molecule has 3 aromatic heterocycles. The van der Waals surface area contributed by atoms with E-state index in [0.29, 0.717) is 12.5 Å². The predicted molar refractivity (Wildman–Crippen MR) is 101 cm³/mol. The van der Waals surface area contributed by atoms with Gasteiger partial charge in [0.15, 0.2) is 21.9 Å². The first-order valence-corrected chi connectivity index (χ1v) is 9.73. The lowest BCUT2D eigenvalue weighted by molar-refractivity contribution is 0.380. The Kier molecular flexibility index (Phi) is 4.66. The molecule has 4 rings (SSSR count). The van der Waals surface area contributed by atoms with Gasteiger partial charge in [-0.05, 0) is 12.1 Å². The van der Waals surface area contributed by atoms with Gasteiger partial charge in [-0.15, -0.1) is 22.7 Å². The Labute approximate surface area is 153 Å². The van der Waals surface area contributed by atoms with Gasteiger partial charge in [-0.1, -0.05) is 0 Å². The van der Waals surface area contributed by atoms with Crippen molar-refractivity contribution in [1.82, 2.24) is 14.9 Å². The number of piperazine rings is 1. The van der Waals surface area contributed by atoms with Crippen LogP contribution in [0.25, 0.3) is 10.8 Å². The van der Waals surface area contributed by atoms with Gasteiger partial charge in [0.05, 0.1) is 18.5 Å². The molecule has 1 aliphatic heterocycles. The van der Waals surface area contributed by atoms with Crippen molar-refractivity contribution in [3.05, 3.63) is 41.0 Å². The molecule has 0 saturated carbocycles. The van der Waals surface area contributed by atoms with Gasteiger partial charge >= 0.3 is 0 Å². The average Bonchev–Trinajstić information content (AvgIpc) is 3.42. The van der Waals surface area contributed by atoms with Gasteiger partial charge in [0.2, 0.25) is 0 Å². The van der Waals surface area contributed by atoms with Gasteiger partial charge in [-0.25, -0.2) is 15.0 Å². The Balaban J connectivity index is 1.33. The van der Waals surface area contributed by atoms with Crippen molar-refractivity contribution in [2.75, 3.05) is 31.1 Å². The molecular formula is C16H18N6OS2. The molecule has 7 nitrogen and oxygen atoms in total. The summed E-state index contributed by atoms with van der Waals surface area (Å²) >= 11 is 3.22. The lowest BCUT2D eigenvalue weighted by Gasteiger charge is -2.35. The van der Waals surface area contributed by atoms with E-state index >= 15 is 0 Å². The molecule has 25 heavy (non-hydrogen) atoms. The predicted octanol–water partition coefficient (Wildman–Crippen LogP) is 2.50. The smallest absolute Gasteiger partial charge is 0.191 e. The Bertz CT molecular complexity index is 819. The van der Waals surface area contributed by atoms with E-state index < -0.39 is 0 Å². The number of aromatic nitrogens is 2. The molecule has 3 aromatic rings. The number of anilines is 1. The largest absolute Gasteiger partial charge is 0.462 e. The Morgan fingerprint density at radius 1 is 1.28 bits per heavy atom. The van der Waals surface area contributed by atoms with Crippen molar-refractivity contribution < 1.29 is 4.42 Å². The van der Waals surface area contributed by atoms with E-state index in [4.69, 9.17) is 10.2 Å². The quantitative estimate of drug-likeness (QED) is 0.558. The first-order valence-electron chi connectivity index (χ1n) is 7.97. The summed E-state index contributed by atoms with van der Waals surface area (Å²) in [5.74, 6) is 1.36. The molecule has 0 atom stereocenters. The maximum atomic E-state index is 6.16.